The van der Waals surface area contributed by atoms with Crippen molar-refractivity contribution in [2.45, 2.75) is 9.45 Å². The topological polar surface area (TPSA) is 0 Å². The molecule has 17 heavy (non-hydrogen) atoms. The zero-order chi connectivity index (χ0) is 10.3. The number of hydrogen-bond acceptors (Lipinski definition) is 0. The summed E-state index contributed by atoms with van der Waals surface area (Å²) in [4.78, 5) is 0. The van der Waals surface area contributed by atoms with Crippen LogP contribution in [0.3, 0.4) is 0 Å². The van der Waals surface area contributed by atoms with Gasteiger partial charge in [0, 0.05) is 0 Å². The Morgan fingerprint density at radius 1 is 0.588 bits per heavy atom. The first-order valence-electron chi connectivity index (χ1n) is 5.24. The van der Waals surface area contributed by atoms with Crippen molar-refractivity contribution in [1.29, 1.82) is 0 Å². The van der Waals surface area contributed by atoms with Crippen LogP contribution in [-0.2, 0) is 28.6 Å². The molecule has 2 rings (SSSR count). The molecule has 0 saturated heterocycles. The third-order valence-electron chi connectivity index (χ3n) is 2.34. The number of benzene rings is 2. The van der Waals surface area contributed by atoms with Crippen LogP contribution in [0.1, 0.15) is 11.1 Å². The van der Waals surface area contributed by atoms with E-state index in [1.54, 1.807) is 0 Å². The third-order valence-corrected chi connectivity index (χ3v) is 4.40. The van der Waals surface area contributed by atoms with E-state index in [4.69, 9.17) is 0 Å². The Morgan fingerprint density at radius 2 is 0.941 bits per heavy atom. The third kappa shape index (κ3) is 6.56. The second-order valence-electron chi connectivity index (χ2n) is 3.57. The molecule has 3 heteroatoms. The zero-order valence-electron chi connectivity index (χ0n) is 9.44. The maximum atomic E-state index is 2.23. The average Bonchev–Trinajstić information content (AvgIpc) is 2.32. The van der Waals surface area contributed by atoms with Gasteiger partial charge < -0.3 is 34.0 Å². The van der Waals surface area contributed by atoms with Gasteiger partial charge in [0.05, 0.1) is 0 Å². The second-order valence-corrected chi connectivity index (χ2v) is 5.46. The van der Waals surface area contributed by atoms with Gasteiger partial charge in [0.15, 0.2) is 0 Å². The van der Waals surface area contributed by atoms with E-state index in [9.17, 15) is 0 Å². The van der Waals surface area contributed by atoms with Crippen LogP contribution in [0, 0.1) is 0 Å². The average molecular weight is 390 g/mol. The van der Waals surface area contributed by atoms with E-state index in [1.165, 1.54) is 20.6 Å². The summed E-state index contributed by atoms with van der Waals surface area (Å²) in [7, 11) is 0. The molecule has 0 spiro atoms. The zero-order valence-corrected chi connectivity index (χ0v) is 14.2. The van der Waals surface area contributed by atoms with Gasteiger partial charge >= 0.3 is 100 Å². The van der Waals surface area contributed by atoms with Crippen LogP contribution in [0.5, 0.6) is 0 Å². The van der Waals surface area contributed by atoms with E-state index in [1.807, 2.05) is 0 Å². The SMILES string of the molecule is [Br-].[Br-].c1ccc([CH2][Ti+2][CH2]c2ccccc2)cc1. The molecule has 0 saturated carbocycles. The van der Waals surface area contributed by atoms with Crippen molar-refractivity contribution >= 4 is 0 Å². The van der Waals surface area contributed by atoms with Crippen LogP contribution in [0.2, 0.25) is 0 Å². The first-order valence-corrected chi connectivity index (χ1v) is 7.44. The van der Waals surface area contributed by atoms with Crippen LogP contribution in [0.15, 0.2) is 60.7 Å². The van der Waals surface area contributed by atoms with Crippen molar-refractivity contribution in [2.75, 3.05) is 0 Å². The van der Waals surface area contributed by atoms with Gasteiger partial charge in [0.2, 0.25) is 0 Å². The van der Waals surface area contributed by atoms with Crippen molar-refractivity contribution in [2.24, 2.45) is 0 Å². The van der Waals surface area contributed by atoms with Crippen molar-refractivity contribution < 1.29 is 53.1 Å². The summed E-state index contributed by atoms with van der Waals surface area (Å²) in [6, 6.07) is 21.6. The molecule has 0 amide bonds. The van der Waals surface area contributed by atoms with E-state index < -0.39 is 0 Å². The maximum absolute atomic E-state index is 2.23. The van der Waals surface area contributed by atoms with Gasteiger partial charge in [-0.05, 0) is 0 Å². The first-order chi connectivity index (χ1) is 7.45. The monoisotopic (exact) mass is 388 g/mol. The van der Waals surface area contributed by atoms with Crippen LogP contribution in [0.25, 0.3) is 0 Å². The summed E-state index contributed by atoms with van der Waals surface area (Å²) in [6.45, 7) is 0. The summed E-state index contributed by atoms with van der Waals surface area (Å²) in [5.41, 5.74) is 2.99. The van der Waals surface area contributed by atoms with E-state index in [-0.39, 0.29) is 53.1 Å². The second kappa shape index (κ2) is 10.1. The molecule has 0 heterocycles. The standard InChI is InChI=1S/2C7H7.2BrH.Ti/c2*1-7-5-3-2-4-6-7;;;/h2*2-6H,1H2;2*1H;/q;;;;+2/p-2. The quantitative estimate of drug-likeness (QED) is 0.506. The molecule has 0 N–H and O–H groups in total. The Labute approximate surface area is 133 Å². The molecule has 0 aliphatic rings. The van der Waals surface area contributed by atoms with Gasteiger partial charge in [-0.25, -0.2) is 0 Å². The van der Waals surface area contributed by atoms with Crippen molar-refractivity contribution in [1.82, 2.24) is 0 Å². The number of halogens is 2. The molecule has 2 aromatic rings. The van der Waals surface area contributed by atoms with Crippen LogP contribution in [-0.4, -0.2) is 0 Å². The van der Waals surface area contributed by atoms with Crippen LogP contribution >= 0.6 is 0 Å². The Bertz CT molecular complexity index is 350. The molecule has 0 atom stereocenters. The molecule has 0 fully saturated rings. The van der Waals surface area contributed by atoms with Gasteiger partial charge in [-0.15, -0.1) is 0 Å². The molecule has 0 unspecified atom stereocenters. The Morgan fingerprint density at radius 3 is 1.29 bits per heavy atom. The Hall–Kier alpha value is 0.114. The summed E-state index contributed by atoms with van der Waals surface area (Å²) in [5, 5.41) is 0. The first kappa shape index (κ1) is 17.1. The van der Waals surface area contributed by atoms with Gasteiger partial charge in [-0.2, -0.15) is 0 Å². The fourth-order valence-electron chi connectivity index (χ4n) is 1.54. The van der Waals surface area contributed by atoms with E-state index in [0.717, 1.165) is 0 Å². The fourth-order valence-corrected chi connectivity index (χ4v) is 3.38. The minimum atomic E-state index is 0. The van der Waals surface area contributed by atoms with Gasteiger partial charge in [0.1, 0.15) is 0 Å². The van der Waals surface area contributed by atoms with Crippen LogP contribution in [0.4, 0.5) is 0 Å². The summed E-state index contributed by atoms with van der Waals surface area (Å²) in [6.07, 6.45) is 0. The normalized spacial score (nSPS) is 8.47. The molecule has 0 aromatic heterocycles. The van der Waals surface area contributed by atoms with E-state index >= 15 is 0 Å². The molecule has 0 radical (unpaired) electrons. The summed E-state index contributed by atoms with van der Waals surface area (Å²) < 4.78 is 2.60. The van der Waals surface area contributed by atoms with Crippen LogP contribution < -0.4 is 34.0 Å². The Kier molecular flexibility index (Phi) is 10.1. The van der Waals surface area contributed by atoms with E-state index in [2.05, 4.69) is 60.7 Å². The molecular formula is C14H14Br2Ti. The molecule has 0 bridgehead atoms. The molecule has 88 valence electrons. The molecule has 0 aliphatic heterocycles. The van der Waals surface area contributed by atoms with Gasteiger partial charge in [0.25, 0.3) is 0 Å². The van der Waals surface area contributed by atoms with Gasteiger partial charge in [-0.1, -0.05) is 0 Å². The molecular weight excluding hydrogens is 376 g/mol. The van der Waals surface area contributed by atoms with Crippen molar-refractivity contribution in [3.63, 3.8) is 0 Å². The minimum absolute atomic E-state index is 0. The van der Waals surface area contributed by atoms with Crippen molar-refractivity contribution in [3.8, 4) is 0 Å². The molecule has 0 aliphatic carbocycles. The Balaban J connectivity index is 0.00000128. The predicted molar refractivity (Wildman–Crippen MR) is 60.3 cm³/mol. The predicted octanol–water partition coefficient (Wildman–Crippen LogP) is -2.52. The molecule has 0 nitrogen and oxygen atoms in total. The summed E-state index contributed by atoms with van der Waals surface area (Å²) in [5.74, 6) is 0. The van der Waals surface area contributed by atoms with E-state index in [0.29, 0.717) is 0 Å². The summed E-state index contributed by atoms with van der Waals surface area (Å²) >= 11 is 0.136. The van der Waals surface area contributed by atoms with Crippen molar-refractivity contribution in [3.05, 3.63) is 71.8 Å². The molecule has 2 aromatic carbocycles. The number of hydrogen-bond donors (Lipinski definition) is 0. The van der Waals surface area contributed by atoms with Gasteiger partial charge in [-0.3, -0.25) is 0 Å². The fraction of sp³-hybridized carbons (Fsp3) is 0.143. The number of rotatable bonds is 4.